The highest BCUT2D eigenvalue weighted by molar-refractivity contribution is 6.31. The minimum absolute atomic E-state index is 0.0460. The molecule has 1 aromatic rings. The van der Waals surface area contributed by atoms with Crippen LogP contribution in [0.15, 0.2) is 18.2 Å². The van der Waals surface area contributed by atoms with Crippen LogP contribution in [-0.2, 0) is 9.53 Å². The zero-order chi connectivity index (χ0) is 12.8. The number of ether oxygens (including phenoxy) is 1. The van der Waals surface area contributed by atoms with Crippen molar-refractivity contribution in [3.05, 3.63) is 34.6 Å². The van der Waals surface area contributed by atoms with Gasteiger partial charge in [-0.3, -0.25) is 4.79 Å². The van der Waals surface area contributed by atoms with Gasteiger partial charge in [-0.2, -0.15) is 5.26 Å². The fourth-order valence-corrected chi connectivity index (χ4v) is 1.74. The first kappa shape index (κ1) is 13.5. The van der Waals surface area contributed by atoms with Crippen LogP contribution in [0.2, 0.25) is 5.02 Å². The molecule has 1 unspecified atom stereocenters. The van der Waals surface area contributed by atoms with Gasteiger partial charge in [-0.25, -0.2) is 4.39 Å². The molecule has 5 heteroatoms. The SMILES string of the molecule is CCOC(=O)CC(C#N)c1c(F)cccc1Cl. The Bertz CT molecular complexity index is 436. The molecule has 0 saturated carbocycles. The standard InChI is InChI=1S/C12H11ClFNO2/c1-2-17-11(16)6-8(7-15)12-9(13)4-3-5-10(12)14/h3-5,8H,2,6H2,1H3. The van der Waals surface area contributed by atoms with E-state index in [9.17, 15) is 9.18 Å². The lowest BCUT2D eigenvalue weighted by Gasteiger charge is -2.11. The van der Waals surface area contributed by atoms with E-state index < -0.39 is 17.7 Å². The van der Waals surface area contributed by atoms with Gasteiger partial charge in [0.2, 0.25) is 0 Å². The van der Waals surface area contributed by atoms with Crippen molar-refractivity contribution < 1.29 is 13.9 Å². The van der Waals surface area contributed by atoms with Gasteiger partial charge in [0.05, 0.1) is 25.0 Å². The Labute approximate surface area is 104 Å². The van der Waals surface area contributed by atoms with E-state index in [4.69, 9.17) is 21.6 Å². The summed E-state index contributed by atoms with van der Waals surface area (Å²) in [6.07, 6.45) is -0.203. The van der Waals surface area contributed by atoms with Gasteiger partial charge in [-0.05, 0) is 19.1 Å². The minimum atomic E-state index is -0.928. The fourth-order valence-electron chi connectivity index (χ4n) is 1.44. The van der Waals surface area contributed by atoms with Crippen LogP contribution in [0, 0.1) is 17.1 Å². The maximum absolute atomic E-state index is 13.5. The molecule has 0 aliphatic heterocycles. The third-order valence-corrected chi connectivity index (χ3v) is 2.51. The quantitative estimate of drug-likeness (QED) is 0.777. The Hall–Kier alpha value is -1.60. The zero-order valence-corrected chi connectivity index (χ0v) is 10.00. The summed E-state index contributed by atoms with van der Waals surface area (Å²) in [4.78, 5) is 11.3. The average molecular weight is 256 g/mol. The summed E-state index contributed by atoms with van der Waals surface area (Å²) in [5.74, 6) is -2.06. The number of hydrogen-bond donors (Lipinski definition) is 0. The van der Waals surface area contributed by atoms with Crippen LogP contribution in [0.1, 0.15) is 24.8 Å². The summed E-state index contributed by atoms with van der Waals surface area (Å²) in [6, 6.07) is 6.00. The highest BCUT2D eigenvalue weighted by Gasteiger charge is 2.22. The Balaban J connectivity index is 2.95. The minimum Gasteiger partial charge on any atom is -0.466 e. The van der Waals surface area contributed by atoms with Crippen molar-refractivity contribution in [3.63, 3.8) is 0 Å². The number of carbonyl (C=O) groups excluding carboxylic acids is 1. The van der Waals surface area contributed by atoms with E-state index in [0.717, 1.165) is 0 Å². The Kier molecular flexibility index (Phi) is 4.92. The zero-order valence-electron chi connectivity index (χ0n) is 9.24. The van der Waals surface area contributed by atoms with Crippen molar-refractivity contribution in [2.75, 3.05) is 6.61 Å². The van der Waals surface area contributed by atoms with E-state index in [0.29, 0.717) is 0 Å². The predicted molar refractivity (Wildman–Crippen MR) is 61.0 cm³/mol. The molecule has 0 bridgehead atoms. The van der Waals surface area contributed by atoms with E-state index in [1.807, 2.05) is 6.07 Å². The molecule has 1 atom stereocenters. The Morgan fingerprint density at radius 2 is 2.35 bits per heavy atom. The number of hydrogen-bond acceptors (Lipinski definition) is 3. The van der Waals surface area contributed by atoms with Gasteiger partial charge in [-0.15, -0.1) is 0 Å². The van der Waals surface area contributed by atoms with Crippen LogP contribution in [0.4, 0.5) is 4.39 Å². The van der Waals surface area contributed by atoms with Gasteiger partial charge in [0.25, 0.3) is 0 Å². The van der Waals surface area contributed by atoms with Gasteiger partial charge < -0.3 is 4.74 Å². The molecule has 90 valence electrons. The lowest BCUT2D eigenvalue weighted by Crippen LogP contribution is -2.10. The van der Waals surface area contributed by atoms with E-state index in [1.165, 1.54) is 18.2 Å². The summed E-state index contributed by atoms with van der Waals surface area (Å²) < 4.78 is 18.3. The molecule has 0 N–H and O–H groups in total. The molecule has 0 fully saturated rings. The third kappa shape index (κ3) is 3.43. The van der Waals surface area contributed by atoms with E-state index in [1.54, 1.807) is 6.92 Å². The van der Waals surface area contributed by atoms with Gasteiger partial charge in [0, 0.05) is 10.6 Å². The number of nitriles is 1. The predicted octanol–water partition coefficient (Wildman–Crippen LogP) is 3.04. The normalized spacial score (nSPS) is 11.6. The van der Waals surface area contributed by atoms with Crippen LogP contribution < -0.4 is 0 Å². The first-order valence-electron chi connectivity index (χ1n) is 5.09. The van der Waals surface area contributed by atoms with Crippen LogP contribution in [0.3, 0.4) is 0 Å². The Morgan fingerprint density at radius 1 is 1.65 bits per heavy atom. The number of nitrogens with zero attached hydrogens (tertiary/aromatic N) is 1. The smallest absolute Gasteiger partial charge is 0.307 e. The van der Waals surface area contributed by atoms with Gasteiger partial charge in [0.15, 0.2) is 0 Å². The number of benzene rings is 1. The van der Waals surface area contributed by atoms with Crippen molar-refractivity contribution >= 4 is 17.6 Å². The van der Waals surface area contributed by atoms with Gasteiger partial charge in [-0.1, -0.05) is 17.7 Å². The summed E-state index contributed by atoms with van der Waals surface area (Å²) in [7, 11) is 0. The third-order valence-electron chi connectivity index (χ3n) is 2.18. The van der Waals surface area contributed by atoms with Crippen molar-refractivity contribution in [1.82, 2.24) is 0 Å². The second-order valence-corrected chi connectivity index (χ2v) is 3.73. The molecule has 0 radical (unpaired) electrons. The maximum Gasteiger partial charge on any atom is 0.307 e. The molecule has 0 aromatic heterocycles. The molecule has 17 heavy (non-hydrogen) atoms. The molecular formula is C12H11ClFNO2. The molecule has 0 spiro atoms. The van der Waals surface area contributed by atoms with Crippen molar-refractivity contribution in [2.45, 2.75) is 19.3 Å². The van der Waals surface area contributed by atoms with Crippen molar-refractivity contribution in [1.29, 1.82) is 5.26 Å². The van der Waals surface area contributed by atoms with Crippen molar-refractivity contribution in [3.8, 4) is 6.07 Å². The fraction of sp³-hybridized carbons (Fsp3) is 0.333. The highest BCUT2D eigenvalue weighted by Crippen LogP contribution is 2.29. The Morgan fingerprint density at radius 3 is 2.88 bits per heavy atom. The molecule has 0 aliphatic rings. The van der Waals surface area contributed by atoms with Gasteiger partial charge >= 0.3 is 5.97 Å². The molecule has 0 amide bonds. The molecule has 0 saturated heterocycles. The molecule has 1 rings (SSSR count). The van der Waals surface area contributed by atoms with Gasteiger partial charge in [0.1, 0.15) is 5.82 Å². The molecule has 1 aromatic carbocycles. The summed E-state index contributed by atoms with van der Waals surface area (Å²) in [5.41, 5.74) is 0.0460. The molecule has 0 heterocycles. The molecular weight excluding hydrogens is 245 g/mol. The van der Waals surface area contributed by atoms with Crippen LogP contribution in [0.25, 0.3) is 0 Å². The number of carbonyl (C=O) groups is 1. The van der Waals surface area contributed by atoms with Crippen LogP contribution >= 0.6 is 11.6 Å². The largest absolute Gasteiger partial charge is 0.466 e. The van der Waals surface area contributed by atoms with E-state index >= 15 is 0 Å². The van der Waals surface area contributed by atoms with E-state index in [-0.39, 0.29) is 23.6 Å². The van der Waals surface area contributed by atoms with Crippen molar-refractivity contribution in [2.24, 2.45) is 0 Å². The highest BCUT2D eigenvalue weighted by atomic mass is 35.5. The first-order chi connectivity index (χ1) is 8.10. The monoisotopic (exact) mass is 255 g/mol. The lowest BCUT2D eigenvalue weighted by atomic mass is 9.96. The maximum atomic E-state index is 13.5. The number of halogens is 2. The second-order valence-electron chi connectivity index (χ2n) is 3.33. The second kappa shape index (κ2) is 6.21. The van der Waals surface area contributed by atoms with Crippen LogP contribution in [-0.4, -0.2) is 12.6 Å². The van der Waals surface area contributed by atoms with E-state index in [2.05, 4.69) is 0 Å². The molecule has 3 nitrogen and oxygen atoms in total. The average Bonchev–Trinajstić information content (AvgIpc) is 2.27. The summed E-state index contributed by atoms with van der Waals surface area (Å²) in [5, 5.41) is 9.10. The topological polar surface area (TPSA) is 50.1 Å². The summed E-state index contributed by atoms with van der Waals surface area (Å²) in [6.45, 7) is 1.89. The first-order valence-corrected chi connectivity index (χ1v) is 5.47. The lowest BCUT2D eigenvalue weighted by molar-refractivity contribution is -0.143. The number of esters is 1. The number of rotatable bonds is 4. The molecule has 0 aliphatic carbocycles. The summed E-state index contributed by atoms with van der Waals surface area (Å²) >= 11 is 5.82. The van der Waals surface area contributed by atoms with Crippen LogP contribution in [0.5, 0.6) is 0 Å².